The summed E-state index contributed by atoms with van der Waals surface area (Å²) in [5, 5.41) is 26.2. The lowest BCUT2D eigenvalue weighted by Crippen LogP contribution is -2.28. The third-order valence-corrected chi connectivity index (χ3v) is 8.83. The minimum absolute atomic E-state index is 0.00913. The van der Waals surface area contributed by atoms with Gasteiger partial charge in [0.25, 0.3) is 0 Å². The van der Waals surface area contributed by atoms with E-state index in [-0.39, 0.29) is 53.0 Å². The molecule has 1 aliphatic heterocycles. The van der Waals surface area contributed by atoms with Crippen LogP contribution in [-0.2, 0) is 26.5 Å². The predicted molar refractivity (Wildman–Crippen MR) is 152 cm³/mol. The second-order valence-corrected chi connectivity index (χ2v) is 14.2. The molecule has 5 N–H and O–H groups in total. The standard InChI is InChI=1S/C26H32FN4O6PS/c1-7-37-38(34)20-13-17(30-39(6,35)36)9-11-19(20)28-24(29-38)21-22(32)23(26(3,4)5)31(25(21)33)14-16-8-10-18(27)15(2)12-16/h8-13,30,34H,7,14H2,1-6H3,(H2-,28,29,32,33)/p+1. The first-order valence-corrected chi connectivity index (χ1v) is 15.7. The number of nitrogens with one attached hydrogen (secondary N) is 2. The van der Waals surface area contributed by atoms with E-state index in [4.69, 9.17) is 4.52 Å². The molecular weight excluding hydrogens is 546 g/mol. The molecule has 0 spiro atoms. The second-order valence-electron chi connectivity index (χ2n) is 10.5. The van der Waals surface area contributed by atoms with Gasteiger partial charge in [-0.3, -0.25) is 4.72 Å². The average Bonchev–Trinajstić information content (AvgIpc) is 3.05. The summed E-state index contributed by atoms with van der Waals surface area (Å²) in [6.07, 6.45) is 1.01. The van der Waals surface area contributed by atoms with Crippen molar-refractivity contribution in [1.82, 2.24) is 4.57 Å². The monoisotopic (exact) mass is 579 g/mol. The van der Waals surface area contributed by atoms with E-state index < -0.39 is 23.3 Å². The molecule has 210 valence electrons. The lowest BCUT2D eigenvalue weighted by molar-refractivity contribution is 0.318. The summed E-state index contributed by atoms with van der Waals surface area (Å²) in [6, 6.07) is 9.14. The number of anilines is 2. The largest absolute Gasteiger partial charge is 0.505 e. The molecule has 0 bridgehead atoms. The van der Waals surface area contributed by atoms with Crippen LogP contribution in [0.25, 0.3) is 0 Å². The van der Waals surface area contributed by atoms with Gasteiger partial charge in [-0.25, -0.2) is 12.8 Å². The number of nitrogens with zero attached hydrogens (tertiary/aromatic N) is 2. The first-order chi connectivity index (χ1) is 18.0. The first kappa shape index (κ1) is 28.8. The average molecular weight is 580 g/mol. The Balaban J connectivity index is 1.87. The minimum atomic E-state index is -3.71. The van der Waals surface area contributed by atoms with E-state index in [1.165, 1.54) is 22.8 Å². The van der Waals surface area contributed by atoms with Gasteiger partial charge >= 0.3 is 7.87 Å². The Bertz CT molecular complexity index is 1580. The fourth-order valence-corrected chi connectivity index (χ4v) is 6.99. The van der Waals surface area contributed by atoms with Gasteiger partial charge in [0.05, 0.1) is 36.5 Å². The predicted octanol–water partition coefficient (Wildman–Crippen LogP) is 4.35. The van der Waals surface area contributed by atoms with Gasteiger partial charge in [0.1, 0.15) is 11.4 Å². The molecule has 0 saturated heterocycles. The number of amidine groups is 1. The molecule has 3 aromatic rings. The molecule has 0 saturated carbocycles. The summed E-state index contributed by atoms with van der Waals surface area (Å²) < 4.78 is 51.4. The van der Waals surface area contributed by atoms with Crippen LogP contribution in [0.3, 0.4) is 0 Å². The van der Waals surface area contributed by atoms with Crippen LogP contribution in [0.5, 0.6) is 11.6 Å². The van der Waals surface area contributed by atoms with Crippen LogP contribution in [0, 0.1) is 12.7 Å². The number of hydrogen-bond donors (Lipinski definition) is 5. The summed E-state index contributed by atoms with van der Waals surface area (Å²) in [4.78, 5) is 11.6. The van der Waals surface area contributed by atoms with E-state index in [1.807, 2.05) is 20.8 Å². The molecule has 0 amide bonds. The molecule has 1 atom stereocenters. The summed E-state index contributed by atoms with van der Waals surface area (Å²) in [5.41, 5.74) is 1.52. The number of fused-ring (bicyclic) bond motifs is 1. The van der Waals surface area contributed by atoms with Crippen molar-refractivity contribution in [3.8, 4) is 11.6 Å². The zero-order valence-electron chi connectivity index (χ0n) is 22.6. The number of aryl methyl sites for hydroxylation is 1. The van der Waals surface area contributed by atoms with E-state index in [0.29, 0.717) is 22.5 Å². The van der Waals surface area contributed by atoms with Crippen molar-refractivity contribution in [2.24, 2.45) is 4.76 Å². The number of aromatic hydroxyl groups is 2. The third kappa shape index (κ3) is 5.74. The van der Waals surface area contributed by atoms with E-state index in [1.54, 1.807) is 32.0 Å². The lowest BCUT2D eigenvalue weighted by atomic mass is 9.91. The summed E-state index contributed by atoms with van der Waals surface area (Å²) in [5.74, 6) is -0.881. The highest BCUT2D eigenvalue weighted by Gasteiger charge is 2.49. The van der Waals surface area contributed by atoms with E-state index in [9.17, 15) is 27.9 Å². The van der Waals surface area contributed by atoms with Crippen LogP contribution in [0.2, 0.25) is 0 Å². The maximum atomic E-state index is 13.9. The molecular formula is C26H33FN4O6PS+. The molecule has 39 heavy (non-hydrogen) atoms. The highest BCUT2D eigenvalue weighted by molar-refractivity contribution is 7.92. The Morgan fingerprint density at radius 1 is 1.18 bits per heavy atom. The van der Waals surface area contributed by atoms with Crippen molar-refractivity contribution in [3.63, 3.8) is 0 Å². The molecule has 0 radical (unpaired) electrons. The SMILES string of the molecule is CCO[P+]1(O)N=C(c2c(O)c(C(C)(C)C)n(Cc3ccc(F)c(C)c3)c2O)Nc2ccc(NS(C)(=O)=O)cc21. The zero-order chi connectivity index (χ0) is 28.9. The molecule has 4 rings (SSSR count). The number of hydrogen-bond acceptors (Lipinski definition) is 8. The number of sulfonamides is 1. The normalized spacial score (nSPS) is 17.4. The van der Waals surface area contributed by atoms with Gasteiger partial charge in [-0.1, -0.05) is 32.9 Å². The number of halogens is 1. The summed E-state index contributed by atoms with van der Waals surface area (Å²) >= 11 is 0. The van der Waals surface area contributed by atoms with Crippen molar-refractivity contribution < 1.29 is 32.4 Å². The molecule has 0 aliphatic carbocycles. The zero-order valence-corrected chi connectivity index (χ0v) is 24.3. The Kier molecular flexibility index (Phi) is 7.46. The Morgan fingerprint density at radius 2 is 1.87 bits per heavy atom. The summed E-state index contributed by atoms with van der Waals surface area (Å²) in [7, 11) is -7.29. The lowest BCUT2D eigenvalue weighted by Gasteiger charge is -2.23. The van der Waals surface area contributed by atoms with Gasteiger partial charge in [-0.2, -0.15) is 9.42 Å². The smallest absolute Gasteiger partial charge is 0.432 e. The van der Waals surface area contributed by atoms with Crippen molar-refractivity contribution >= 4 is 40.4 Å². The Hall–Kier alpha value is -3.18. The highest BCUT2D eigenvalue weighted by atomic mass is 32.2. The van der Waals surface area contributed by atoms with Crippen LogP contribution in [0.15, 0.2) is 41.2 Å². The van der Waals surface area contributed by atoms with E-state index in [0.717, 1.165) is 6.26 Å². The third-order valence-electron chi connectivity index (χ3n) is 6.13. The van der Waals surface area contributed by atoms with Crippen LogP contribution >= 0.6 is 7.87 Å². The molecule has 1 aromatic heterocycles. The number of aromatic nitrogens is 1. The van der Waals surface area contributed by atoms with Crippen molar-refractivity contribution in [2.75, 3.05) is 22.9 Å². The molecule has 2 heterocycles. The van der Waals surface area contributed by atoms with Gasteiger partial charge in [-0.05, 0) is 47.9 Å². The fourth-order valence-electron chi connectivity index (χ4n) is 4.60. The molecule has 1 unspecified atom stereocenters. The van der Waals surface area contributed by atoms with Crippen molar-refractivity contribution in [3.05, 3.63) is 64.6 Å². The maximum Gasteiger partial charge on any atom is 0.432 e. The van der Waals surface area contributed by atoms with Crippen LogP contribution < -0.4 is 15.3 Å². The van der Waals surface area contributed by atoms with Crippen molar-refractivity contribution in [2.45, 2.75) is 46.6 Å². The van der Waals surface area contributed by atoms with E-state index >= 15 is 0 Å². The van der Waals surface area contributed by atoms with Gasteiger partial charge in [0, 0.05) is 11.5 Å². The van der Waals surface area contributed by atoms with E-state index in [2.05, 4.69) is 14.8 Å². The Morgan fingerprint density at radius 3 is 2.46 bits per heavy atom. The Labute approximate surface area is 227 Å². The van der Waals surface area contributed by atoms with Gasteiger partial charge in [-0.15, -0.1) is 0 Å². The fraction of sp³-hybridized carbons (Fsp3) is 0.346. The van der Waals surface area contributed by atoms with Crippen LogP contribution in [0.1, 0.15) is 50.1 Å². The number of benzene rings is 2. The number of rotatable bonds is 7. The molecule has 13 heteroatoms. The molecule has 2 aromatic carbocycles. The quantitative estimate of drug-likeness (QED) is 0.262. The van der Waals surface area contributed by atoms with Gasteiger partial charge in [0.15, 0.2) is 11.6 Å². The highest BCUT2D eigenvalue weighted by Crippen LogP contribution is 2.60. The topological polar surface area (TPSA) is 145 Å². The van der Waals surface area contributed by atoms with Crippen LogP contribution in [0.4, 0.5) is 15.8 Å². The maximum absolute atomic E-state index is 13.9. The second kappa shape index (κ2) is 10.1. The first-order valence-electron chi connectivity index (χ1n) is 12.2. The van der Waals surface area contributed by atoms with Gasteiger partial charge < -0.3 is 20.1 Å². The van der Waals surface area contributed by atoms with Gasteiger partial charge in [0.2, 0.25) is 21.2 Å². The molecule has 0 fully saturated rings. The molecule has 10 nitrogen and oxygen atoms in total. The summed E-state index contributed by atoms with van der Waals surface area (Å²) in [6.45, 7) is 9.20. The van der Waals surface area contributed by atoms with Crippen LogP contribution in [-0.4, -0.2) is 46.8 Å². The molecule has 1 aliphatic rings. The van der Waals surface area contributed by atoms with Crippen molar-refractivity contribution in [1.29, 1.82) is 0 Å². The minimum Gasteiger partial charge on any atom is -0.505 e.